The fourth-order valence-electron chi connectivity index (χ4n) is 3.66. The summed E-state index contributed by atoms with van der Waals surface area (Å²) in [5.41, 5.74) is 8.75. The molecule has 1 aromatic heterocycles. The zero-order valence-electron chi connectivity index (χ0n) is 19.7. The van der Waals surface area contributed by atoms with Crippen molar-refractivity contribution in [1.29, 1.82) is 0 Å². The number of fused-ring (bicyclic) bond motifs is 1. The summed E-state index contributed by atoms with van der Waals surface area (Å²) >= 11 is 0. The summed E-state index contributed by atoms with van der Waals surface area (Å²) in [5.74, 6) is -0.598. The Morgan fingerprint density at radius 2 is 1.68 bits per heavy atom. The molecule has 0 bridgehead atoms. The monoisotopic (exact) mass is 518 g/mol. The molecule has 37 heavy (non-hydrogen) atoms. The Morgan fingerprint density at radius 1 is 0.973 bits per heavy atom. The van der Waals surface area contributed by atoms with Crippen LogP contribution >= 0.6 is 0 Å². The van der Waals surface area contributed by atoms with E-state index in [1.807, 2.05) is 0 Å². The number of rotatable bonds is 8. The van der Waals surface area contributed by atoms with Crippen LogP contribution in [0.1, 0.15) is 23.2 Å². The van der Waals surface area contributed by atoms with Crippen LogP contribution < -0.4 is 5.73 Å². The number of carbonyl (C=O) groups is 2. The second-order valence-corrected chi connectivity index (χ2v) is 9.40. The number of hydrogen-bond acceptors (Lipinski definition) is 9. The molecule has 0 aliphatic rings. The number of nitrogens with zero attached hydrogens (tertiary/aromatic N) is 3. The van der Waals surface area contributed by atoms with E-state index in [1.54, 1.807) is 60.7 Å². The third kappa shape index (κ3) is 5.85. The lowest BCUT2D eigenvalue weighted by molar-refractivity contribution is -0.140. The lowest BCUT2D eigenvalue weighted by Gasteiger charge is -2.09. The number of pyridine rings is 1. The van der Waals surface area contributed by atoms with Crippen molar-refractivity contribution in [2.75, 3.05) is 12.8 Å². The summed E-state index contributed by atoms with van der Waals surface area (Å²) in [6, 6.07) is 17.9. The van der Waals surface area contributed by atoms with Gasteiger partial charge in [-0.15, -0.1) is 10.2 Å². The lowest BCUT2D eigenvalue weighted by atomic mass is 10.0. The van der Waals surface area contributed by atoms with Crippen LogP contribution in [-0.4, -0.2) is 36.8 Å². The fraction of sp³-hybridized carbons (Fsp3) is 0.115. The van der Waals surface area contributed by atoms with Gasteiger partial charge in [-0.2, -0.15) is 8.42 Å². The summed E-state index contributed by atoms with van der Waals surface area (Å²) < 4.78 is 38.0. The van der Waals surface area contributed by atoms with E-state index in [1.165, 1.54) is 19.4 Å². The molecule has 4 rings (SSSR count). The summed E-state index contributed by atoms with van der Waals surface area (Å²) in [6.07, 6.45) is 1.57. The standard InChI is InChI=1S/C26H22N4O6S/c1-36-25(32)13-12-23(31)17-8-6-16(7-9-17)21-11-10-18(15-28-21)29-30-22-14-24(37(33,34)35)19-4-2-3-5-20(19)26(22)27/h2-11,14-15H,12-13,27H2,1H3,(H,33,34,35)/b30-29+. The van der Waals surface area contributed by atoms with Crippen molar-refractivity contribution in [2.24, 2.45) is 10.2 Å². The maximum absolute atomic E-state index is 12.2. The quantitative estimate of drug-likeness (QED) is 0.105. The number of Topliss-reactive ketones (excluding diaryl/α,β-unsaturated/α-hetero) is 1. The molecule has 3 N–H and O–H groups in total. The van der Waals surface area contributed by atoms with Crippen molar-refractivity contribution in [3.05, 3.63) is 78.5 Å². The van der Waals surface area contributed by atoms with E-state index >= 15 is 0 Å². The van der Waals surface area contributed by atoms with E-state index in [4.69, 9.17) is 5.73 Å². The number of methoxy groups -OCH3 is 1. The van der Waals surface area contributed by atoms with Crippen molar-refractivity contribution >= 4 is 49.7 Å². The molecular formula is C26H22N4O6S. The van der Waals surface area contributed by atoms with E-state index in [2.05, 4.69) is 19.9 Å². The Hall–Kier alpha value is -4.48. The first-order valence-corrected chi connectivity index (χ1v) is 12.5. The normalized spacial score (nSPS) is 11.6. The first-order valence-electron chi connectivity index (χ1n) is 11.0. The number of nitrogen functional groups attached to an aromatic ring is 1. The number of azo groups is 1. The van der Waals surface area contributed by atoms with Gasteiger partial charge in [-0.25, -0.2) is 0 Å². The molecule has 0 aliphatic carbocycles. The third-order valence-corrected chi connectivity index (χ3v) is 6.51. The Balaban J connectivity index is 1.53. The summed E-state index contributed by atoms with van der Waals surface area (Å²) in [6.45, 7) is 0. The van der Waals surface area contributed by atoms with Crippen molar-refractivity contribution < 1.29 is 27.3 Å². The minimum absolute atomic E-state index is 0.0244. The number of esters is 1. The number of ketones is 1. The molecule has 0 aliphatic heterocycles. The van der Waals surface area contributed by atoms with Gasteiger partial charge in [0.05, 0.1) is 31.1 Å². The second kappa shape index (κ2) is 10.6. The van der Waals surface area contributed by atoms with Crippen LogP contribution in [0.5, 0.6) is 0 Å². The highest BCUT2D eigenvalue weighted by atomic mass is 32.2. The van der Waals surface area contributed by atoms with Crippen LogP contribution in [0.2, 0.25) is 0 Å². The number of aromatic nitrogens is 1. The van der Waals surface area contributed by atoms with Gasteiger partial charge in [0, 0.05) is 28.3 Å². The van der Waals surface area contributed by atoms with E-state index in [-0.39, 0.29) is 40.3 Å². The minimum atomic E-state index is -4.52. The average molecular weight is 519 g/mol. The smallest absolute Gasteiger partial charge is 0.305 e. The van der Waals surface area contributed by atoms with E-state index < -0.39 is 16.1 Å². The first kappa shape index (κ1) is 25.6. The highest BCUT2D eigenvalue weighted by Crippen LogP contribution is 2.36. The summed E-state index contributed by atoms with van der Waals surface area (Å²) in [4.78, 5) is 27.5. The number of nitrogens with two attached hydrogens (primary N) is 1. The van der Waals surface area contributed by atoms with Gasteiger partial charge in [0.15, 0.2) is 5.78 Å². The maximum Gasteiger partial charge on any atom is 0.305 e. The SMILES string of the molecule is COC(=O)CCC(=O)c1ccc(-c2ccc(/N=N/c3cc(S(=O)(=O)O)c4ccccc4c3N)cn2)cc1. The van der Waals surface area contributed by atoms with Crippen LogP contribution in [0, 0.1) is 0 Å². The summed E-state index contributed by atoms with van der Waals surface area (Å²) in [5, 5.41) is 8.89. The second-order valence-electron chi connectivity index (χ2n) is 8.01. The van der Waals surface area contributed by atoms with Gasteiger partial charge in [-0.1, -0.05) is 48.5 Å². The highest BCUT2D eigenvalue weighted by Gasteiger charge is 2.18. The Morgan fingerprint density at radius 3 is 2.30 bits per heavy atom. The predicted octanol–water partition coefficient (Wildman–Crippen LogP) is 5.28. The fourth-order valence-corrected chi connectivity index (χ4v) is 4.38. The number of hydrogen-bond donors (Lipinski definition) is 2. The largest absolute Gasteiger partial charge is 0.469 e. The van der Waals surface area contributed by atoms with Crippen LogP contribution in [0.25, 0.3) is 22.0 Å². The minimum Gasteiger partial charge on any atom is -0.469 e. The van der Waals surface area contributed by atoms with Crippen molar-refractivity contribution in [3.63, 3.8) is 0 Å². The Bertz CT molecular complexity index is 1620. The molecule has 188 valence electrons. The van der Waals surface area contributed by atoms with Gasteiger partial charge in [0.25, 0.3) is 10.1 Å². The molecule has 0 saturated heterocycles. The molecule has 0 spiro atoms. The van der Waals surface area contributed by atoms with Crippen LogP contribution in [0.4, 0.5) is 17.1 Å². The highest BCUT2D eigenvalue weighted by molar-refractivity contribution is 7.86. The molecule has 1 heterocycles. The molecule has 0 radical (unpaired) electrons. The third-order valence-electron chi connectivity index (χ3n) is 5.61. The van der Waals surface area contributed by atoms with Gasteiger partial charge >= 0.3 is 5.97 Å². The van der Waals surface area contributed by atoms with E-state index in [0.29, 0.717) is 22.3 Å². The first-order chi connectivity index (χ1) is 17.7. The molecule has 0 unspecified atom stereocenters. The van der Waals surface area contributed by atoms with Crippen molar-refractivity contribution in [2.45, 2.75) is 17.7 Å². The van der Waals surface area contributed by atoms with Gasteiger partial charge in [0.1, 0.15) is 16.3 Å². The maximum atomic E-state index is 12.2. The van der Waals surface area contributed by atoms with Gasteiger partial charge in [0.2, 0.25) is 0 Å². The average Bonchev–Trinajstić information content (AvgIpc) is 2.91. The molecule has 11 heteroatoms. The van der Waals surface area contributed by atoms with E-state index in [0.717, 1.165) is 5.56 Å². The molecule has 0 amide bonds. The predicted molar refractivity (Wildman–Crippen MR) is 138 cm³/mol. The molecule has 4 aromatic rings. The zero-order chi connectivity index (χ0) is 26.6. The molecular weight excluding hydrogens is 496 g/mol. The number of carbonyl (C=O) groups excluding carboxylic acids is 2. The van der Waals surface area contributed by atoms with Crippen LogP contribution in [-0.2, 0) is 19.6 Å². The van der Waals surface area contributed by atoms with E-state index in [9.17, 15) is 22.6 Å². The lowest BCUT2D eigenvalue weighted by Crippen LogP contribution is -2.05. The zero-order valence-corrected chi connectivity index (χ0v) is 20.5. The van der Waals surface area contributed by atoms with Gasteiger partial charge in [-0.3, -0.25) is 19.1 Å². The van der Waals surface area contributed by atoms with Gasteiger partial charge in [-0.05, 0) is 18.2 Å². The van der Waals surface area contributed by atoms with Crippen LogP contribution in [0.15, 0.2) is 88.1 Å². The molecule has 0 fully saturated rings. The Kier molecular flexibility index (Phi) is 7.37. The van der Waals surface area contributed by atoms with Crippen molar-refractivity contribution in [3.8, 4) is 11.3 Å². The number of ether oxygens (including phenoxy) is 1. The van der Waals surface area contributed by atoms with Gasteiger partial charge < -0.3 is 10.5 Å². The van der Waals surface area contributed by atoms with Crippen LogP contribution in [0.3, 0.4) is 0 Å². The Labute approximate surface area is 212 Å². The van der Waals surface area contributed by atoms with Crippen molar-refractivity contribution in [1.82, 2.24) is 4.98 Å². The molecule has 0 saturated carbocycles. The number of benzene rings is 3. The topological polar surface area (TPSA) is 161 Å². The molecule has 3 aromatic carbocycles. The number of anilines is 1. The molecule has 0 atom stereocenters. The molecule has 10 nitrogen and oxygen atoms in total. The summed E-state index contributed by atoms with van der Waals surface area (Å²) in [7, 11) is -3.24.